The fraction of sp³-hybridized carbons (Fsp3) is 0.778. The van der Waals surface area contributed by atoms with E-state index in [0.717, 1.165) is 13.0 Å². The molecule has 64 valence electrons. The lowest BCUT2D eigenvalue weighted by atomic mass is 10.1. The van der Waals surface area contributed by atoms with Crippen molar-refractivity contribution < 1.29 is 0 Å². The van der Waals surface area contributed by atoms with Crippen molar-refractivity contribution in [1.82, 2.24) is 5.32 Å². The van der Waals surface area contributed by atoms with Gasteiger partial charge in [-0.25, -0.2) is 0 Å². The maximum absolute atomic E-state index is 5.43. The SMILES string of the molecule is C=CC1CCC(CCCN)N1. The summed E-state index contributed by atoms with van der Waals surface area (Å²) in [5, 5.41) is 3.50. The zero-order valence-electron chi connectivity index (χ0n) is 7.05. The first kappa shape index (κ1) is 8.75. The fourth-order valence-electron chi connectivity index (χ4n) is 1.63. The molecule has 0 aromatic carbocycles. The third-order valence-electron chi connectivity index (χ3n) is 2.32. The van der Waals surface area contributed by atoms with Gasteiger partial charge < -0.3 is 11.1 Å². The minimum absolute atomic E-state index is 0.553. The molecule has 0 amide bonds. The quantitative estimate of drug-likeness (QED) is 0.594. The lowest BCUT2D eigenvalue weighted by molar-refractivity contribution is 0.525. The first-order valence-corrected chi connectivity index (χ1v) is 4.45. The van der Waals surface area contributed by atoms with E-state index in [2.05, 4.69) is 11.9 Å². The highest BCUT2D eigenvalue weighted by molar-refractivity contribution is 4.93. The number of rotatable bonds is 4. The lowest BCUT2D eigenvalue weighted by Crippen LogP contribution is -2.28. The van der Waals surface area contributed by atoms with E-state index in [9.17, 15) is 0 Å². The molecule has 0 aromatic rings. The van der Waals surface area contributed by atoms with E-state index in [-0.39, 0.29) is 0 Å². The molecule has 2 unspecified atom stereocenters. The van der Waals surface area contributed by atoms with E-state index in [4.69, 9.17) is 5.73 Å². The van der Waals surface area contributed by atoms with Crippen molar-refractivity contribution >= 4 is 0 Å². The predicted molar refractivity (Wildman–Crippen MR) is 48.4 cm³/mol. The Morgan fingerprint density at radius 1 is 1.55 bits per heavy atom. The summed E-state index contributed by atoms with van der Waals surface area (Å²) in [6.07, 6.45) is 6.90. The molecule has 0 saturated carbocycles. The average Bonchev–Trinajstić information content (AvgIpc) is 2.48. The van der Waals surface area contributed by atoms with Gasteiger partial charge in [-0.1, -0.05) is 6.08 Å². The van der Waals surface area contributed by atoms with Crippen LogP contribution in [0.5, 0.6) is 0 Å². The van der Waals surface area contributed by atoms with Crippen LogP contribution in [0.1, 0.15) is 25.7 Å². The molecule has 0 bridgehead atoms. The molecule has 0 aliphatic carbocycles. The molecule has 2 atom stereocenters. The highest BCUT2D eigenvalue weighted by Gasteiger charge is 2.19. The van der Waals surface area contributed by atoms with Gasteiger partial charge in [0.15, 0.2) is 0 Å². The summed E-state index contributed by atoms with van der Waals surface area (Å²) in [5.41, 5.74) is 5.43. The van der Waals surface area contributed by atoms with E-state index in [1.54, 1.807) is 0 Å². The Morgan fingerprint density at radius 2 is 2.36 bits per heavy atom. The van der Waals surface area contributed by atoms with Crippen LogP contribution in [-0.2, 0) is 0 Å². The Morgan fingerprint density at radius 3 is 2.91 bits per heavy atom. The van der Waals surface area contributed by atoms with Crippen LogP contribution in [0.3, 0.4) is 0 Å². The highest BCUT2D eigenvalue weighted by atomic mass is 15.0. The molecule has 1 aliphatic heterocycles. The molecule has 3 N–H and O–H groups in total. The minimum Gasteiger partial charge on any atom is -0.330 e. The fourth-order valence-corrected chi connectivity index (χ4v) is 1.63. The number of nitrogens with two attached hydrogens (primary N) is 1. The van der Waals surface area contributed by atoms with E-state index < -0.39 is 0 Å². The molecule has 1 saturated heterocycles. The van der Waals surface area contributed by atoms with Gasteiger partial charge in [0.05, 0.1) is 0 Å². The molecule has 1 aliphatic rings. The Balaban J connectivity index is 2.14. The highest BCUT2D eigenvalue weighted by Crippen LogP contribution is 2.16. The number of nitrogens with one attached hydrogen (secondary N) is 1. The summed E-state index contributed by atoms with van der Waals surface area (Å²) < 4.78 is 0. The van der Waals surface area contributed by atoms with Crippen LogP contribution in [0.2, 0.25) is 0 Å². The summed E-state index contributed by atoms with van der Waals surface area (Å²) in [6, 6.07) is 1.25. The topological polar surface area (TPSA) is 38.0 Å². The van der Waals surface area contributed by atoms with Crippen LogP contribution < -0.4 is 11.1 Å². The molecular weight excluding hydrogens is 136 g/mol. The van der Waals surface area contributed by atoms with E-state index >= 15 is 0 Å². The summed E-state index contributed by atoms with van der Waals surface area (Å²) in [5.74, 6) is 0. The molecule has 2 heteroatoms. The zero-order chi connectivity index (χ0) is 8.10. The second kappa shape index (κ2) is 4.52. The number of hydrogen-bond donors (Lipinski definition) is 2. The minimum atomic E-state index is 0.553. The Bertz CT molecular complexity index is 123. The van der Waals surface area contributed by atoms with Crippen molar-refractivity contribution in [2.24, 2.45) is 5.73 Å². The molecular formula is C9H18N2. The molecule has 0 aromatic heterocycles. The van der Waals surface area contributed by atoms with Gasteiger partial charge in [-0.3, -0.25) is 0 Å². The van der Waals surface area contributed by atoms with E-state index in [1.165, 1.54) is 19.3 Å². The monoisotopic (exact) mass is 154 g/mol. The third-order valence-corrected chi connectivity index (χ3v) is 2.32. The molecule has 11 heavy (non-hydrogen) atoms. The van der Waals surface area contributed by atoms with Crippen LogP contribution in [0.4, 0.5) is 0 Å². The maximum atomic E-state index is 5.43. The maximum Gasteiger partial charge on any atom is 0.0250 e. The van der Waals surface area contributed by atoms with Crippen LogP contribution in [0.15, 0.2) is 12.7 Å². The van der Waals surface area contributed by atoms with Crippen molar-refractivity contribution in [2.75, 3.05) is 6.54 Å². The van der Waals surface area contributed by atoms with Gasteiger partial charge in [0.1, 0.15) is 0 Å². The smallest absolute Gasteiger partial charge is 0.0250 e. The van der Waals surface area contributed by atoms with E-state index in [1.807, 2.05) is 6.08 Å². The van der Waals surface area contributed by atoms with Crippen molar-refractivity contribution in [2.45, 2.75) is 37.8 Å². The molecule has 0 radical (unpaired) electrons. The van der Waals surface area contributed by atoms with Gasteiger partial charge in [-0.05, 0) is 32.2 Å². The third kappa shape index (κ3) is 2.64. The van der Waals surface area contributed by atoms with Crippen LogP contribution >= 0.6 is 0 Å². The van der Waals surface area contributed by atoms with Crippen LogP contribution in [-0.4, -0.2) is 18.6 Å². The second-order valence-electron chi connectivity index (χ2n) is 3.21. The van der Waals surface area contributed by atoms with E-state index in [0.29, 0.717) is 12.1 Å². The second-order valence-corrected chi connectivity index (χ2v) is 3.21. The summed E-state index contributed by atoms with van der Waals surface area (Å²) >= 11 is 0. The molecule has 1 fully saturated rings. The van der Waals surface area contributed by atoms with Crippen molar-refractivity contribution in [3.8, 4) is 0 Å². The van der Waals surface area contributed by atoms with Gasteiger partial charge in [0.2, 0.25) is 0 Å². The van der Waals surface area contributed by atoms with Gasteiger partial charge >= 0.3 is 0 Å². The van der Waals surface area contributed by atoms with Crippen molar-refractivity contribution in [3.63, 3.8) is 0 Å². The number of hydrogen-bond acceptors (Lipinski definition) is 2. The molecule has 2 nitrogen and oxygen atoms in total. The normalized spacial score (nSPS) is 30.6. The van der Waals surface area contributed by atoms with Crippen LogP contribution in [0.25, 0.3) is 0 Å². The predicted octanol–water partition coefficient (Wildman–Crippen LogP) is 1.03. The molecule has 1 rings (SSSR count). The average molecular weight is 154 g/mol. The Kier molecular flexibility index (Phi) is 3.60. The standard InChI is InChI=1S/C9H18N2/c1-2-8-5-6-9(11-8)4-3-7-10/h2,8-9,11H,1,3-7,10H2. The molecule has 0 spiro atoms. The van der Waals surface area contributed by atoms with Crippen molar-refractivity contribution in [3.05, 3.63) is 12.7 Å². The Labute approximate surface area is 68.9 Å². The molecule has 1 heterocycles. The first-order chi connectivity index (χ1) is 5.36. The van der Waals surface area contributed by atoms with Gasteiger partial charge in [0.25, 0.3) is 0 Å². The first-order valence-electron chi connectivity index (χ1n) is 4.45. The lowest BCUT2D eigenvalue weighted by Gasteiger charge is -2.10. The van der Waals surface area contributed by atoms with Gasteiger partial charge in [0, 0.05) is 12.1 Å². The zero-order valence-corrected chi connectivity index (χ0v) is 7.05. The Hall–Kier alpha value is -0.340. The van der Waals surface area contributed by atoms with Crippen molar-refractivity contribution in [1.29, 1.82) is 0 Å². The van der Waals surface area contributed by atoms with Gasteiger partial charge in [-0.2, -0.15) is 0 Å². The summed E-state index contributed by atoms with van der Waals surface area (Å²) in [6.45, 7) is 4.59. The summed E-state index contributed by atoms with van der Waals surface area (Å²) in [4.78, 5) is 0. The summed E-state index contributed by atoms with van der Waals surface area (Å²) in [7, 11) is 0. The van der Waals surface area contributed by atoms with Crippen LogP contribution in [0, 0.1) is 0 Å². The van der Waals surface area contributed by atoms with Gasteiger partial charge in [-0.15, -0.1) is 6.58 Å². The largest absolute Gasteiger partial charge is 0.330 e.